The minimum absolute atomic E-state index is 0.131. The SMILES string of the molecule is Nc1cc(Br)c(OC(F)(F)F)cc1OC(F)F. The molecule has 0 aromatic heterocycles. The van der Waals surface area contributed by atoms with Crippen molar-refractivity contribution in [1.82, 2.24) is 0 Å². The topological polar surface area (TPSA) is 44.5 Å². The number of anilines is 1. The van der Waals surface area contributed by atoms with Crippen molar-refractivity contribution in [2.45, 2.75) is 13.0 Å². The molecule has 1 aromatic carbocycles. The summed E-state index contributed by atoms with van der Waals surface area (Å²) in [6, 6.07) is 1.60. The number of halogens is 6. The summed E-state index contributed by atoms with van der Waals surface area (Å²) in [4.78, 5) is 0. The summed E-state index contributed by atoms with van der Waals surface area (Å²) in [5, 5.41) is 0. The summed E-state index contributed by atoms with van der Waals surface area (Å²) in [6.45, 7) is -3.20. The molecule has 0 aliphatic rings. The lowest BCUT2D eigenvalue weighted by atomic mass is 10.3. The first-order valence-corrected chi connectivity index (χ1v) is 4.78. The van der Waals surface area contributed by atoms with Crippen LogP contribution in [0.4, 0.5) is 27.6 Å². The van der Waals surface area contributed by atoms with Gasteiger partial charge in [-0.3, -0.25) is 0 Å². The summed E-state index contributed by atoms with van der Waals surface area (Å²) in [5.41, 5.74) is 5.03. The summed E-state index contributed by atoms with van der Waals surface area (Å²) in [5.74, 6) is -1.31. The summed E-state index contributed by atoms with van der Waals surface area (Å²) in [6.07, 6.45) is -4.94. The van der Waals surface area contributed by atoms with E-state index in [4.69, 9.17) is 5.73 Å². The van der Waals surface area contributed by atoms with Gasteiger partial charge in [0.1, 0.15) is 5.75 Å². The van der Waals surface area contributed by atoms with Gasteiger partial charge in [0.05, 0.1) is 10.2 Å². The first-order valence-electron chi connectivity index (χ1n) is 3.98. The summed E-state index contributed by atoms with van der Waals surface area (Å²) >= 11 is 2.75. The molecule has 0 fully saturated rings. The van der Waals surface area contributed by atoms with E-state index in [-0.39, 0.29) is 10.2 Å². The first kappa shape index (κ1) is 13.8. The highest BCUT2D eigenvalue weighted by Gasteiger charge is 2.32. The molecular weight excluding hydrogens is 317 g/mol. The summed E-state index contributed by atoms with van der Waals surface area (Å²) < 4.78 is 67.1. The fourth-order valence-corrected chi connectivity index (χ4v) is 1.39. The van der Waals surface area contributed by atoms with Gasteiger partial charge in [0, 0.05) is 6.07 Å². The van der Waals surface area contributed by atoms with Gasteiger partial charge in [0.25, 0.3) is 0 Å². The Morgan fingerprint density at radius 3 is 2.24 bits per heavy atom. The second kappa shape index (κ2) is 4.94. The molecule has 0 saturated carbocycles. The third kappa shape index (κ3) is 4.25. The van der Waals surface area contributed by atoms with Crippen LogP contribution in [0.1, 0.15) is 0 Å². The van der Waals surface area contributed by atoms with Gasteiger partial charge in [-0.05, 0) is 22.0 Å². The summed E-state index contributed by atoms with van der Waals surface area (Å²) in [7, 11) is 0. The van der Waals surface area contributed by atoms with E-state index in [0.29, 0.717) is 6.07 Å². The average molecular weight is 322 g/mol. The van der Waals surface area contributed by atoms with Crippen LogP contribution in [0.15, 0.2) is 16.6 Å². The van der Waals surface area contributed by atoms with Crippen LogP contribution < -0.4 is 15.2 Å². The number of nitrogen functional groups attached to an aromatic ring is 1. The maximum atomic E-state index is 12.0. The van der Waals surface area contributed by atoms with Crippen LogP contribution in [0.25, 0.3) is 0 Å². The Labute approximate surface area is 100 Å². The van der Waals surface area contributed by atoms with Crippen molar-refractivity contribution < 1.29 is 31.4 Å². The Morgan fingerprint density at radius 2 is 1.76 bits per heavy atom. The highest BCUT2D eigenvalue weighted by molar-refractivity contribution is 9.10. The highest BCUT2D eigenvalue weighted by atomic mass is 79.9. The molecule has 0 saturated heterocycles. The third-order valence-electron chi connectivity index (χ3n) is 1.51. The van der Waals surface area contributed by atoms with Crippen LogP contribution >= 0.6 is 15.9 Å². The molecule has 17 heavy (non-hydrogen) atoms. The van der Waals surface area contributed by atoms with Crippen molar-refractivity contribution >= 4 is 21.6 Å². The van der Waals surface area contributed by atoms with Crippen LogP contribution in [0.2, 0.25) is 0 Å². The first-order chi connectivity index (χ1) is 7.69. The molecule has 0 aliphatic heterocycles. The van der Waals surface area contributed by atoms with Crippen LogP contribution in [0, 0.1) is 0 Å². The van der Waals surface area contributed by atoms with Gasteiger partial charge in [-0.15, -0.1) is 13.2 Å². The molecule has 0 atom stereocenters. The number of benzene rings is 1. The monoisotopic (exact) mass is 321 g/mol. The van der Waals surface area contributed by atoms with Crippen molar-refractivity contribution in [3.63, 3.8) is 0 Å². The van der Waals surface area contributed by atoms with Crippen molar-refractivity contribution in [3.8, 4) is 11.5 Å². The van der Waals surface area contributed by atoms with E-state index in [1.807, 2.05) is 0 Å². The van der Waals surface area contributed by atoms with E-state index in [9.17, 15) is 22.0 Å². The Hall–Kier alpha value is -1.25. The molecule has 0 spiro atoms. The van der Waals surface area contributed by atoms with E-state index in [2.05, 4.69) is 25.4 Å². The normalized spacial score (nSPS) is 11.7. The quantitative estimate of drug-likeness (QED) is 0.684. The third-order valence-corrected chi connectivity index (χ3v) is 2.13. The molecule has 0 bridgehead atoms. The lowest BCUT2D eigenvalue weighted by Gasteiger charge is -2.14. The van der Waals surface area contributed by atoms with Crippen molar-refractivity contribution in [2.75, 3.05) is 5.73 Å². The number of ether oxygens (including phenoxy) is 2. The van der Waals surface area contributed by atoms with Gasteiger partial charge < -0.3 is 15.2 Å². The van der Waals surface area contributed by atoms with Crippen molar-refractivity contribution in [2.24, 2.45) is 0 Å². The minimum atomic E-state index is -4.94. The molecule has 96 valence electrons. The Kier molecular flexibility index (Phi) is 4.02. The lowest BCUT2D eigenvalue weighted by Crippen LogP contribution is -2.17. The zero-order valence-corrected chi connectivity index (χ0v) is 9.48. The van der Waals surface area contributed by atoms with Gasteiger partial charge in [-0.2, -0.15) is 8.78 Å². The van der Waals surface area contributed by atoms with Gasteiger partial charge >= 0.3 is 13.0 Å². The number of rotatable bonds is 3. The fourth-order valence-electron chi connectivity index (χ4n) is 0.951. The van der Waals surface area contributed by atoms with Crippen LogP contribution in [-0.4, -0.2) is 13.0 Å². The Balaban J connectivity index is 3.06. The number of hydrogen-bond acceptors (Lipinski definition) is 3. The van der Waals surface area contributed by atoms with E-state index in [0.717, 1.165) is 6.07 Å². The molecule has 2 N–H and O–H groups in total. The molecule has 0 heterocycles. The molecule has 3 nitrogen and oxygen atoms in total. The van der Waals surface area contributed by atoms with Gasteiger partial charge in [0.15, 0.2) is 5.75 Å². The predicted octanol–water partition coefficient (Wildman–Crippen LogP) is 3.53. The molecule has 1 aromatic rings. The number of hydrogen-bond donors (Lipinski definition) is 1. The maximum Gasteiger partial charge on any atom is 0.573 e. The number of alkyl halides is 5. The zero-order valence-electron chi connectivity index (χ0n) is 7.89. The lowest BCUT2D eigenvalue weighted by molar-refractivity contribution is -0.274. The molecule has 9 heteroatoms. The van der Waals surface area contributed by atoms with Crippen LogP contribution in [0.5, 0.6) is 11.5 Å². The minimum Gasteiger partial charge on any atom is -0.432 e. The smallest absolute Gasteiger partial charge is 0.432 e. The van der Waals surface area contributed by atoms with E-state index < -0.39 is 24.5 Å². The molecular formula is C8H5BrF5NO2. The Morgan fingerprint density at radius 1 is 1.18 bits per heavy atom. The van der Waals surface area contributed by atoms with Gasteiger partial charge in [-0.1, -0.05) is 0 Å². The number of nitrogens with two attached hydrogens (primary N) is 1. The van der Waals surface area contributed by atoms with Crippen molar-refractivity contribution in [1.29, 1.82) is 0 Å². The molecule has 0 aliphatic carbocycles. The second-order valence-electron chi connectivity index (χ2n) is 2.75. The zero-order chi connectivity index (χ0) is 13.2. The van der Waals surface area contributed by atoms with E-state index in [1.54, 1.807) is 0 Å². The predicted molar refractivity (Wildman–Crippen MR) is 51.9 cm³/mol. The second-order valence-corrected chi connectivity index (χ2v) is 3.60. The van der Waals surface area contributed by atoms with E-state index in [1.165, 1.54) is 0 Å². The Bertz CT molecular complexity index is 410. The molecule has 1 rings (SSSR count). The largest absolute Gasteiger partial charge is 0.573 e. The van der Waals surface area contributed by atoms with Gasteiger partial charge in [0.2, 0.25) is 0 Å². The molecule has 0 unspecified atom stereocenters. The van der Waals surface area contributed by atoms with Crippen molar-refractivity contribution in [3.05, 3.63) is 16.6 Å². The standard InChI is InChI=1S/C8H5BrF5NO2/c9-3-1-4(15)6(16-7(10)11)2-5(3)17-8(12,13)14/h1-2,7H,15H2. The molecule has 0 radical (unpaired) electrons. The van der Waals surface area contributed by atoms with Crippen LogP contribution in [-0.2, 0) is 0 Å². The maximum absolute atomic E-state index is 12.0. The van der Waals surface area contributed by atoms with E-state index >= 15 is 0 Å². The van der Waals surface area contributed by atoms with Crippen LogP contribution in [0.3, 0.4) is 0 Å². The fraction of sp³-hybridized carbons (Fsp3) is 0.250. The highest BCUT2D eigenvalue weighted by Crippen LogP contribution is 2.37. The van der Waals surface area contributed by atoms with Gasteiger partial charge in [-0.25, -0.2) is 0 Å². The average Bonchev–Trinajstić information content (AvgIpc) is 2.10. The molecule has 0 amide bonds.